The number of aromatic amines is 1. The minimum absolute atomic E-state index is 0.0379. The van der Waals surface area contributed by atoms with Gasteiger partial charge < -0.3 is 9.30 Å². The summed E-state index contributed by atoms with van der Waals surface area (Å²) in [6, 6.07) is 10.8. The maximum atomic E-state index is 15.1. The van der Waals surface area contributed by atoms with Crippen LogP contribution in [0.1, 0.15) is 38.1 Å². The van der Waals surface area contributed by atoms with Crippen molar-refractivity contribution >= 4 is 22.6 Å². The number of nitrogens with one attached hydrogen (secondary N) is 1. The van der Waals surface area contributed by atoms with Gasteiger partial charge >= 0.3 is 0 Å². The van der Waals surface area contributed by atoms with Gasteiger partial charge in [-0.05, 0) is 65.6 Å². The summed E-state index contributed by atoms with van der Waals surface area (Å²) in [4.78, 5) is 4.65. The number of imidazole rings is 1. The summed E-state index contributed by atoms with van der Waals surface area (Å²) < 4.78 is 66.6. The van der Waals surface area contributed by atoms with E-state index in [4.69, 9.17) is 16.3 Å². The van der Waals surface area contributed by atoms with E-state index < -0.39 is 35.1 Å². The predicted molar refractivity (Wildman–Crippen MR) is 141 cm³/mol. The molecule has 5 aromatic rings. The van der Waals surface area contributed by atoms with Gasteiger partial charge in [0.05, 0.1) is 17.1 Å². The smallest absolute Gasteiger partial charge is 0.190 e. The standard InChI is InChI=1S/C28H23ClF4N6O/c29-18-8-6-16(7-9-18)28-34-23-12-19(30)20(31)13-24(23)39(28)25(15-4-2-1-3-5-15)14-40-26-21(32)10-17(11-22(26)33)27-35-37-38-36-27/h6-13,15,25H,1-5,14H2,(H,35,36,37,38). The minimum Gasteiger partial charge on any atom is -0.485 e. The summed E-state index contributed by atoms with van der Waals surface area (Å²) in [5, 5.41) is 13.5. The van der Waals surface area contributed by atoms with E-state index in [1.54, 1.807) is 28.8 Å². The molecule has 40 heavy (non-hydrogen) atoms. The molecule has 2 aromatic heterocycles. The lowest BCUT2D eigenvalue weighted by Gasteiger charge is -2.32. The first kappa shape index (κ1) is 26.2. The molecule has 12 heteroatoms. The van der Waals surface area contributed by atoms with Gasteiger partial charge in [0.25, 0.3) is 0 Å². The molecule has 1 fully saturated rings. The highest BCUT2D eigenvalue weighted by Crippen LogP contribution is 2.39. The highest BCUT2D eigenvalue weighted by Gasteiger charge is 2.31. The Balaban J connectivity index is 1.44. The molecular weight excluding hydrogens is 548 g/mol. The number of nitrogens with zero attached hydrogens (tertiary/aromatic N) is 5. The fourth-order valence-electron chi connectivity index (χ4n) is 5.45. The number of benzene rings is 3. The van der Waals surface area contributed by atoms with Crippen LogP contribution in [0, 0.1) is 29.2 Å². The molecule has 0 amide bonds. The Morgan fingerprint density at radius 1 is 0.900 bits per heavy atom. The molecule has 0 spiro atoms. The molecule has 1 aliphatic rings. The first-order valence-corrected chi connectivity index (χ1v) is 13.3. The minimum atomic E-state index is -1.02. The molecule has 0 radical (unpaired) electrons. The van der Waals surface area contributed by atoms with Gasteiger partial charge in [0, 0.05) is 28.3 Å². The van der Waals surface area contributed by atoms with Gasteiger partial charge in [-0.25, -0.2) is 27.6 Å². The van der Waals surface area contributed by atoms with E-state index in [1.165, 1.54) is 0 Å². The van der Waals surface area contributed by atoms with Crippen molar-refractivity contribution in [2.24, 2.45) is 5.92 Å². The molecule has 1 saturated carbocycles. The Kier molecular flexibility index (Phi) is 7.14. The van der Waals surface area contributed by atoms with Crippen LogP contribution in [-0.2, 0) is 0 Å². The van der Waals surface area contributed by atoms with Crippen molar-refractivity contribution in [3.63, 3.8) is 0 Å². The molecule has 0 saturated heterocycles. The highest BCUT2D eigenvalue weighted by atomic mass is 35.5. The molecule has 1 aliphatic carbocycles. The van der Waals surface area contributed by atoms with E-state index in [2.05, 4.69) is 25.6 Å². The molecule has 7 nitrogen and oxygen atoms in total. The fraction of sp³-hybridized carbons (Fsp3) is 0.286. The van der Waals surface area contributed by atoms with Crippen molar-refractivity contribution in [1.82, 2.24) is 30.2 Å². The molecule has 1 N–H and O–H groups in total. The van der Waals surface area contributed by atoms with Crippen molar-refractivity contribution in [1.29, 1.82) is 0 Å². The lowest BCUT2D eigenvalue weighted by Crippen LogP contribution is -2.28. The second kappa shape index (κ2) is 10.9. The third-order valence-corrected chi connectivity index (χ3v) is 7.63. The van der Waals surface area contributed by atoms with Crippen LogP contribution in [0.25, 0.3) is 33.8 Å². The Bertz CT molecular complexity index is 1630. The Morgan fingerprint density at radius 3 is 2.27 bits per heavy atom. The lowest BCUT2D eigenvalue weighted by atomic mass is 9.83. The first-order valence-electron chi connectivity index (χ1n) is 12.9. The topological polar surface area (TPSA) is 81.5 Å². The molecule has 6 rings (SSSR count). The molecular formula is C28H23ClF4N6O. The molecule has 0 bridgehead atoms. The summed E-state index contributed by atoms with van der Waals surface area (Å²) in [7, 11) is 0. The Labute approximate surface area is 231 Å². The molecule has 206 valence electrons. The number of hydrogen-bond acceptors (Lipinski definition) is 5. The third-order valence-electron chi connectivity index (χ3n) is 7.38. The van der Waals surface area contributed by atoms with Crippen LogP contribution in [0.4, 0.5) is 17.6 Å². The van der Waals surface area contributed by atoms with Crippen molar-refractivity contribution in [2.75, 3.05) is 6.61 Å². The second-order valence-electron chi connectivity index (χ2n) is 9.86. The summed E-state index contributed by atoms with van der Waals surface area (Å²) >= 11 is 6.10. The van der Waals surface area contributed by atoms with Crippen molar-refractivity contribution < 1.29 is 22.3 Å². The molecule has 0 aliphatic heterocycles. The van der Waals surface area contributed by atoms with Gasteiger partial charge in [-0.15, -0.1) is 5.10 Å². The number of ether oxygens (including phenoxy) is 1. The zero-order chi connectivity index (χ0) is 27.8. The lowest BCUT2D eigenvalue weighted by molar-refractivity contribution is 0.162. The van der Waals surface area contributed by atoms with E-state index in [1.807, 2.05) is 0 Å². The van der Waals surface area contributed by atoms with Gasteiger partial charge in [0.2, 0.25) is 0 Å². The monoisotopic (exact) mass is 570 g/mol. The van der Waals surface area contributed by atoms with Crippen LogP contribution in [0.5, 0.6) is 5.75 Å². The van der Waals surface area contributed by atoms with Crippen LogP contribution in [-0.4, -0.2) is 36.8 Å². The van der Waals surface area contributed by atoms with Crippen LogP contribution in [0.15, 0.2) is 48.5 Å². The normalized spacial score (nSPS) is 15.0. The largest absolute Gasteiger partial charge is 0.485 e. The number of rotatable bonds is 7. The quantitative estimate of drug-likeness (QED) is 0.208. The van der Waals surface area contributed by atoms with Crippen molar-refractivity contribution in [3.8, 4) is 28.5 Å². The predicted octanol–water partition coefficient (Wildman–Crippen LogP) is 7.29. The molecule has 1 atom stereocenters. The second-order valence-corrected chi connectivity index (χ2v) is 10.3. The van der Waals surface area contributed by atoms with Gasteiger partial charge in [-0.3, -0.25) is 0 Å². The summed E-state index contributed by atoms with van der Waals surface area (Å²) in [5.41, 5.74) is 1.41. The SMILES string of the molecule is Fc1cc2nc(-c3ccc(Cl)cc3)n(C(COc3c(F)cc(-c4nnn[nH]4)cc3F)C3CCCCC3)c2cc1F. The molecule has 2 heterocycles. The van der Waals surface area contributed by atoms with E-state index in [-0.39, 0.29) is 29.4 Å². The maximum Gasteiger partial charge on any atom is 0.190 e. The van der Waals surface area contributed by atoms with Crippen LogP contribution >= 0.6 is 11.6 Å². The van der Waals surface area contributed by atoms with E-state index in [0.717, 1.165) is 56.4 Å². The van der Waals surface area contributed by atoms with Crippen LogP contribution in [0.3, 0.4) is 0 Å². The van der Waals surface area contributed by atoms with Gasteiger partial charge in [0.15, 0.2) is 34.8 Å². The molecule has 3 aromatic carbocycles. The van der Waals surface area contributed by atoms with Crippen LogP contribution in [0.2, 0.25) is 5.02 Å². The van der Waals surface area contributed by atoms with E-state index in [9.17, 15) is 8.78 Å². The Morgan fingerprint density at radius 2 is 1.60 bits per heavy atom. The average Bonchev–Trinajstić information content (AvgIpc) is 3.61. The van der Waals surface area contributed by atoms with Gasteiger partial charge in [0.1, 0.15) is 12.4 Å². The average molecular weight is 571 g/mol. The van der Waals surface area contributed by atoms with Crippen LogP contribution < -0.4 is 4.74 Å². The van der Waals surface area contributed by atoms with Gasteiger partial charge in [-0.2, -0.15) is 0 Å². The van der Waals surface area contributed by atoms with Gasteiger partial charge in [-0.1, -0.05) is 30.9 Å². The zero-order valence-electron chi connectivity index (χ0n) is 21.1. The zero-order valence-corrected chi connectivity index (χ0v) is 21.8. The number of fused-ring (bicyclic) bond motifs is 1. The highest BCUT2D eigenvalue weighted by molar-refractivity contribution is 6.30. The fourth-order valence-corrected chi connectivity index (χ4v) is 5.58. The number of hydrogen-bond donors (Lipinski definition) is 1. The Hall–Kier alpha value is -3.99. The third kappa shape index (κ3) is 5.01. The van der Waals surface area contributed by atoms with Crippen molar-refractivity contribution in [3.05, 3.63) is 76.8 Å². The summed E-state index contributed by atoms with van der Waals surface area (Å²) in [5.74, 6) is -3.83. The summed E-state index contributed by atoms with van der Waals surface area (Å²) in [6.45, 7) is -0.132. The summed E-state index contributed by atoms with van der Waals surface area (Å²) in [6.07, 6.45) is 4.67. The number of halogens is 5. The maximum absolute atomic E-state index is 15.1. The number of H-pyrrole nitrogens is 1. The van der Waals surface area contributed by atoms with Crippen molar-refractivity contribution in [2.45, 2.75) is 38.1 Å². The number of aromatic nitrogens is 6. The number of tetrazole rings is 1. The van der Waals surface area contributed by atoms with E-state index >= 15 is 8.78 Å². The first-order chi connectivity index (χ1) is 19.4. The van der Waals surface area contributed by atoms with E-state index in [0.29, 0.717) is 21.9 Å². The molecule has 1 unspecified atom stereocenters.